The molecule has 4 aliphatic heterocycles. The maximum Gasteiger partial charge on any atom is 0.419 e. The molecule has 4 aliphatic rings. The molecule has 0 radical (unpaired) electrons. The summed E-state index contributed by atoms with van der Waals surface area (Å²) in [5.74, 6) is -1.16. The topological polar surface area (TPSA) is 167 Å². The largest absolute Gasteiger partial charge is 0.466 e. The van der Waals surface area contributed by atoms with Crippen LogP contribution in [0.3, 0.4) is 0 Å². The number of anilines is 1. The van der Waals surface area contributed by atoms with Crippen molar-refractivity contribution in [2.75, 3.05) is 70.8 Å². The van der Waals surface area contributed by atoms with E-state index in [4.69, 9.17) is 13.9 Å². The third-order valence-electron chi connectivity index (χ3n) is 12.2. The smallest absolute Gasteiger partial charge is 0.419 e. The predicted molar refractivity (Wildman–Crippen MR) is 214 cm³/mol. The van der Waals surface area contributed by atoms with Crippen molar-refractivity contribution < 1.29 is 37.9 Å². The van der Waals surface area contributed by atoms with Crippen molar-refractivity contribution in [2.24, 2.45) is 7.05 Å². The maximum atomic E-state index is 14.3. The van der Waals surface area contributed by atoms with E-state index in [1.807, 2.05) is 42.2 Å². The van der Waals surface area contributed by atoms with E-state index in [1.165, 1.54) is 4.57 Å². The first-order valence-electron chi connectivity index (χ1n) is 20.7. The Morgan fingerprint density at radius 3 is 2.26 bits per heavy atom. The first-order chi connectivity index (χ1) is 28.0. The fourth-order valence-electron chi connectivity index (χ4n) is 8.98. The van der Waals surface area contributed by atoms with Gasteiger partial charge >= 0.3 is 23.8 Å². The van der Waals surface area contributed by atoms with Crippen LogP contribution >= 0.6 is 0 Å². The molecule has 2 aromatic carbocycles. The van der Waals surface area contributed by atoms with Crippen LogP contribution in [-0.4, -0.2) is 143 Å². The zero-order chi connectivity index (χ0) is 40.9. The molecule has 3 fully saturated rings. The third kappa shape index (κ3) is 9.16. The number of carbonyl (C=O) groups excluding carboxylic acids is 5. The number of rotatable bonds is 10. The SMILES string of the molecule is CCOC(=O)CCC(=O)N1CCN(C2CCN(C(=O)C(Cc3cc(C)c4c(c3)oc(=O)n4C)OC(=O)N3CCC(N4CCc5ccccc5NC4=O)CC3)CC2)CC1. The Labute approximate surface area is 337 Å². The second-order valence-corrected chi connectivity index (χ2v) is 15.8. The number of fused-ring (bicyclic) bond motifs is 2. The molecule has 1 unspecified atom stereocenters. The number of piperazine rings is 1. The lowest BCUT2D eigenvalue weighted by Crippen LogP contribution is -2.56. The van der Waals surface area contributed by atoms with Crippen LogP contribution in [0, 0.1) is 6.92 Å². The van der Waals surface area contributed by atoms with Gasteiger partial charge in [0, 0.05) is 96.6 Å². The first kappa shape index (κ1) is 40.8. The Kier molecular flexibility index (Phi) is 12.7. The minimum Gasteiger partial charge on any atom is -0.466 e. The number of aryl methyl sites for hydroxylation is 2. The number of esters is 1. The lowest BCUT2D eigenvalue weighted by Gasteiger charge is -2.43. The van der Waals surface area contributed by atoms with E-state index < -0.39 is 18.0 Å². The highest BCUT2D eigenvalue weighted by atomic mass is 16.6. The number of nitrogens with one attached hydrogen (secondary N) is 1. The molecule has 3 saturated heterocycles. The number of para-hydroxylation sites is 1. The van der Waals surface area contributed by atoms with Crippen molar-refractivity contribution in [3.63, 3.8) is 0 Å². The van der Waals surface area contributed by atoms with Crippen LogP contribution in [0.1, 0.15) is 62.1 Å². The number of piperidine rings is 2. The summed E-state index contributed by atoms with van der Waals surface area (Å²) in [4.78, 5) is 87.5. The highest BCUT2D eigenvalue weighted by Gasteiger charge is 2.37. The van der Waals surface area contributed by atoms with Gasteiger partial charge in [-0.3, -0.25) is 23.9 Å². The molecule has 0 aliphatic carbocycles. The van der Waals surface area contributed by atoms with Crippen LogP contribution in [0.5, 0.6) is 0 Å². The molecule has 58 heavy (non-hydrogen) atoms. The summed E-state index contributed by atoms with van der Waals surface area (Å²) in [6.45, 7) is 8.87. The summed E-state index contributed by atoms with van der Waals surface area (Å²) < 4.78 is 18.0. The van der Waals surface area contributed by atoms with Gasteiger partial charge in [-0.15, -0.1) is 0 Å². The number of hydrogen-bond donors (Lipinski definition) is 1. The Morgan fingerprint density at radius 1 is 0.845 bits per heavy atom. The van der Waals surface area contributed by atoms with Gasteiger partial charge in [-0.05, 0) is 74.8 Å². The van der Waals surface area contributed by atoms with Gasteiger partial charge in [-0.25, -0.2) is 14.4 Å². The highest BCUT2D eigenvalue weighted by molar-refractivity contribution is 5.91. The molecule has 0 saturated carbocycles. The number of ether oxygens (including phenoxy) is 2. The van der Waals surface area contributed by atoms with Crippen molar-refractivity contribution in [3.05, 3.63) is 63.6 Å². The number of urea groups is 1. The van der Waals surface area contributed by atoms with E-state index in [-0.39, 0.29) is 55.2 Å². The lowest BCUT2D eigenvalue weighted by atomic mass is 9.99. The van der Waals surface area contributed by atoms with E-state index in [0.717, 1.165) is 36.1 Å². The number of likely N-dealkylation sites (tertiary alicyclic amines) is 2. The van der Waals surface area contributed by atoms with E-state index in [9.17, 15) is 28.8 Å². The first-order valence-corrected chi connectivity index (χ1v) is 20.7. The van der Waals surface area contributed by atoms with Gasteiger partial charge in [-0.2, -0.15) is 0 Å². The molecular formula is C42H55N7O9. The Morgan fingerprint density at radius 2 is 1.53 bits per heavy atom. The summed E-state index contributed by atoms with van der Waals surface area (Å²) in [7, 11) is 1.65. The Hall–Kier alpha value is -5.38. The molecule has 16 nitrogen and oxygen atoms in total. The normalized spacial score (nSPS) is 19.1. The van der Waals surface area contributed by atoms with Gasteiger partial charge in [0.25, 0.3) is 5.91 Å². The van der Waals surface area contributed by atoms with E-state index in [2.05, 4.69) is 10.2 Å². The molecule has 1 atom stereocenters. The number of oxazole rings is 1. The average Bonchev–Trinajstić information content (AvgIpc) is 3.41. The van der Waals surface area contributed by atoms with Gasteiger partial charge in [-0.1, -0.05) is 24.3 Å². The molecule has 0 bridgehead atoms. The van der Waals surface area contributed by atoms with Gasteiger partial charge < -0.3 is 38.8 Å². The molecule has 5 amide bonds. The standard InChI is InChI=1S/C42H55N7O9/c1-4-56-37(51)10-9-36(50)46-23-21-45(22-24-46)31-12-16-47(17-13-31)39(52)35(27-29-25-28(2)38-34(26-29)57-41(54)44(38)3)58-42(55)48-18-14-32(15-19-48)49-20-11-30-7-5-6-8-33(30)43-40(49)53/h5-8,25-26,31-32,35H,4,9-24,27H2,1-3H3,(H,43,53). The van der Waals surface area contributed by atoms with E-state index in [1.54, 1.807) is 34.7 Å². The second kappa shape index (κ2) is 18.0. The minimum atomic E-state index is -1.10. The van der Waals surface area contributed by atoms with Crippen LogP contribution in [0.15, 0.2) is 45.6 Å². The van der Waals surface area contributed by atoms with Crippen molar-refractivity contribution >= 4 is 46.7 Å². The number of benzene rings is 2. The lowest BCUT2D eigenvalue weighted by molar-refractivity contribution is -0.146. The summed E-state index contributed by atoms with van der Waals surface area (Å²) in [6, 6.07) is 11.5. The van der Waals surface area contributed by atoms with Gasteiger partial charge in [0.15, 0.2) is 11.7 Å². The van der Waals surface area contributed by atoms with Crippen LogP contribution in [0.25, 0.3) is 11.1 Å². The maximum absolute atomic E-state index is 14.3. The number of hydrogen-bond acceptors (Lipinski definition) is 10. The van der Waals surface area contributed by atoms with E-state index >= 15 is 0 Å². The predicted octanol–water partition coefficient (Wildman–Crippen LogP) is 3.52. The number of carbonyl (C=O) groups is 5. The monoisotopic (exact) mass is 801 g/mol. The molecule has 5 heterocycles. The Bertz CT molecular complexity index is 2060. The number of amides is 5. The molecular weight excluding hydrogens is 747 g/mol. The van der Waals surface area contributed by atoms with Crippen molar-refractivity contribution in [1.29, 1.82) is 0 Å². The number of nitrogens with zero attached hydrogens (tertiary/aromatic N) is 6. The van der Waals surface area contributed by atoms with Crippen LogP contribution in [0.4, 0.5) is 15.3 Å². The van der Waals surface area contributed by atoms with Gasteiger partial charge in [0.1, 0.15) is 0 Å². The molecule has 0 spiro atoms. The van der Waals surface area contributed by atoms with Crippen LogP contribution in [0.2, 0.25) is 0 Å². The molecule has 1 aromatic heterocycles. The fraction of sp³-hybridized carbons (Fsp3) is 0.571. The van der Waals surface area contributed by atoms with Crippen molar-refractivity contribution in [2.45, 2.75) is 83.4 Å². The summed E-state index contributed by atoms with van der Waals surface area (Å²) in [5, 5.41) is 3.04. The zero-order valence-electron chi connectivity index (χ0n) is 33.8. The summed E-state index contributed by atoms with van der Waals surface area (Å²) in [6.07, 6.45) is 2.06. The van der Waals surface area contributed by atoms with Gasteiger partial charge in [0.2, 0.25) is 5.91 Å². The molecule has 3 aromatic rings. The molecule has 312 valence electrons. The quantitative estimate of drug-likeness (QED) is 0.300. The van der Waals surface area contributed by atoms with E-state index in [0.29, 0.717) is 95.0 Å². The Balaban J connectivity index is 0.966. The fourth-order valence-corrected chi connectivity index (χ4v) is 8.98. The van der Waals surface area contributed by atoms with Crippen LogP contribution < -0.4 is 11.1 Å². The van der Waals surface area contributed by atoms with Crippen LogP contribution in [-0.2, 0) is 43.7 Å². The third-order valence-corrected chi connectivity index (χ3v) is 12.2. The number of aromatic nitrogens is 1. The molecule has 7 rings (SSSR count). The second-order valence-electron chi connectivity index (χ2n) is 15.8. The van der Waals surface area contributed by atoms with Gasteiger partial charge in [0.05, 0.1) is 18.5 Å². The average molecular weight is 802 g/mol. The molecule has 1 N–H and O–H groups in total. The zero-order valence-corrected chi connectivity index (χ0v) is 33.8. The highest BCUT2D eigenvalue weighted by Crippen LogP contribution is 2.27. The van der Waals surface area contributed by atoms with Crippen molar-refractivity contribution in [1.82, 2.24) is 29.1 Å². The van der Waals surface area contributed by atoms with Crippen molar-refractivity contribution in [3.8, 4) is 0 Å². The summed E-state index contributed by atoms with van der Waals surface area (Å²) in [5.41, 5.74) is 4.52. The summed E-state index contributed by atoms with van der Waals surface area (Å²) >= 11 is 0. The molecule has 16 heteroatoms. The minimum absolute atomic E-state index is 0.0351.